The number of nitrogens with one attached hydrogen (secondary N) is 1. The molecule has 1 fully saturated rings. The lowest BCUT2D eigenvalue weighted by Gasteiger charge is -2.40. The Morgan fingerprint density at radius 2 is 0.738 bits per heavy atom. The van der Waals surface area contributed by atoms with Crippen LogP contribution in [0.25, 0.3) is 0 Å². The summed E-state index contributed by atoms with van der Waals surface area (Å²) in [6.07, 6.45) is 61.3. The van der Waals surface area contributed by atoms with Crippen molar-refractivity contribution in [3.8, 4) is 0 Å². The van der Waals surface area contributed by atoms with Crippen molar-refractivity contribution < 1.29 is 50.0 Å². The van der Waals surface area contributed by atoms with E-state index < -0.39 is 74.2 Å². The van der Waals surface area contributed by atoms with Gasteiger partial charge in [0.25, 0.3) is 0 Å². The smallest absolute Gasteiger partial charge is 0.249 e. The molecule has 0 aliphatic carbocycles. The topological polar surface area (TPSA) is 189 Å². The Hall–Kier alpha value is -1.41. The molecule has 11 heteroatoms. The second-order valence-corrected chi connectivity index (χ2v) is 24.6. The Balaban J connectivity index is 2.21. The van der Waals surface area contributed by atoms with Crippen molar-refractivity contribution >= 4 is 5.91 Å². The molecule has 1 aliphatic heterocycles. The molecule has 0 aromatic heterocycles. The van der Waals surface area contributed by atoms with Crippen LogP contribution >= 0.6 is 0 Å². The maximum absolute atomic E-state index is 13.2. The zero-order valence-corrected chi connectivity index (χ0v) is 52.3. The van der Waals surface area contributed by atoms with E-state index in [1.165, 1.54) is 244 Å². The van der Waals surface area contributed by atoms with Crippen LogP contribution < -0.4 is 5.32 Å². The van der Waals surface area contributed by atoms with Gasteiger partial charge in [0, 0.05) is 0 Å². The van der Waals surface area contributed by atoms with E-state index in [0.29, 0.717) is 12.8 Å². The molecule has 9 unspecified atom stereocenters. The first-order valence-electron chi connectivity index (χ1n) is 34.7. The summed E-state index contributed by atoms with van der Waals surface area (Å²) in [6.45, 7) is 3.49. The van der Waals surface area contributed by atoms with E-state index in [-0.39, 0.29) is 12.8 Å². The van der Waals surface area contributed by atoms with Crippen molar-refractivity contribution in [2.24, 2.45) is 0 Å². The van der Waals surface area contributed by atoms with Crippen LogP contribution in [0.15, 0.2) is 24.3 Å². The number of carbonyl (C=O) groups excluding carboxylic acids is 1. The standard InChI is InChI=1S/C69H133NO10/c1-3-5-7-9-11-13-15-17-19-21-23-25-26-27-28-29-30-31-32-33-34-35-37-38-40-42-44-46-48-50-52-54-56-61(72)64(74)60(59-79-69-67(77)66(76)65(75)63(58-71)80-69)70-68(78)62(73)57-55-53-51-49-47-45-43-41-39-36-24-22-20-18-16-14-12-10-8-6-4-2/h39,41,48,50,60-67,69,71-77H,3-38,40,42-47,49,51-59H2,1-2H3,(H,70,78)/b41-39-,50-48+. The van der Waals surface area contributed by atoms with Gasteiger partial charge in [0.2, 0.25) is 5.91 Å². The van der Waals surface area contributed by atoms with Crippen LogP contribution in [0.4, 0.5) is 0 Å². The van der Waals surface area contributed by atoms with E-state index >= 15 is 0 Å². The number of amides is 1. The summed E-state index contributed by atoms with van der Waals surface area (Å²) in [5.41, 5.74) is 0. The average Bonchev–Trinajstić information content (AvgIpc) is 3.48. The molecule has 1 amide bonds. The molecular formula is C69H133NO10. The molecule has 80 heavy (non-hydrogen) atoms. The van der Waals surface area contributed by atoms with Crippen LogP contribution in [0.3, 0.4) is 0 Å². The summed E-state index contributed by atoms with van der Waals surface area (Å²) in [4.78, 5) is 13.2. The minimum absolute atomic E-state index is 0.249. The SMILES string of the molecule is CCCCCCCCCCCCC/C=C\CCCCCCCCC(O)C(=O)NC(COC1OC(CO)C(O)C(O)C1O)C(O)C(O)CCC/C=C/CCCCCCCCCCCCCCCCCCCCCCCCCCCCC. The summed E-state index contributed by atoms with van der Waals surface area (Å²) >= 11 is 0. The molecule has 9 atom stereocenters. The van der Waals surface area contributed by atoms with Gasteiger partial charge in [-0.05, 0) is 64.2 Å². The summed E-state index contributed by atoms with van der Waals surface area (Å²) in [5, 5.41) is 76.4. The molecule has 0 radical (unpaired) electrons. The van der Waals surface area contributed by atoms with Crippen molar-refractivity contribution in [3.63, 3.8) is 0 Å². The van der Waals surface area contributed by atoms with Crippen LogP contribution in [-0.2, 0) is 14.3 Å². The van der Waals surface area contributed by atoms with Gasteiger partial charge < -0.3 is 50.5 Å². The van der Waals surface area contributed by atoms with Crippen LogP contribution in [-0.4, -0.2) is 110 Å². The third-order valence-corrected chi connectivity index (χ3v) is 17.0. The Morgan fingerprint density at radius 1 is 0.425 bits per heavy atom. The third-order valence-electron chi connectivity index (χ3n) is 17.0. The first-order chi connectivity index (χ1) is 39.2. The predicted molar refractivity (Wildman–Crippen MR) is 335 cm³/mol. The predicted octanol–water partition coefficient (Wildman–Crippen LogP) is 16.4. The number of ether oxygens (including phenoxy) is 2. The Kier molecular flexibility index (Phi) is 55.5. The highest BCUT2D eigenvalue weighted by Crippen LogP contribution is 2.24. The van der Waals surface area contributed by atoms with Gasteiger partial charge in [-0.2, -0.15) is 0 Å². The summed E-state index contributed by atoms with van der Waals surface area (Å²) in [5.74, 6) is -0.706. The molecular weight excluding hydrogens is 1000 g/mol. The second kappa shape index (κ2) is 58.0. The van der Waals surface area contributed by atoms with Crippen molar-refractivity contribution in [2.45, 2.75) is 396 Å². The molecule has 8 N–H and O–H groups in total. The molecule has 0 aromatic carbocycles. The lowest BCUT2D eigenvalue weighted by atomic mass is 9.98. The molecule has 0 bridgehead atoms. The third kappa shape index (κ3) is 45.0. The molecule has 1 aliphatic rings. The summed E-state index contributed by atoms with van der Waals surface area (Å²) < 4.78 is 11.2. The lowest BCUT2D eigenvalue weighted by molar-refractivity contribution is -0.303. The number of unbranched alkanes of at least 4 members (excludes halogenated alkanes) is 45. The summed E-state index contributed by atoms with van der Waals surface area (Å²) in [7, 11) is 0. The minimum atomic E-state index is -1.67. The van der Waals surface area contributed by atoms with E-state index in [0.717, 1.165) is 57.8 Å². The number of rotatable bonds is 61. The van der Waals surface area contributed by atoms with E-state index in [4.69, 9.17) is 9.47 Å². The molecule has 0 spiro atoms. The number of hydrogen-bond acceptors (Lipinski definition) is 10. The van der Waals surface area contributed by atoms with Crippen LogP contribution in [0.2, 0.25) is 0 Å². The Morgan fingerprint density at radius 3 is 1.07 bits per heavy atom. The van der Waals surface area contributed by atoms with E-state index in [1.54, 1.807) is 0 Å². The van der Waals surface area contributed by atoms with Crippen molar-refractivity contribution in [1.82, 2.24) is 5.32 Å². The fourth-order valence-electron chi connectivity index (χ4n) is 11.4. The van der Waals surface area contributed by atoms with Crippen LogP contribution in [0, 0.1) is 0 Å². The summed E-state index contributed by atoms with van der Waals surface area (Å²) in [6, 6.07) is -1.19. The highest BCUT2D eigenvalue weighted by Gasteiger charge is 2.44. The quantitative estimate of drug-likeness (QED) is 0.0215. The van der Waals surface area contributed by atoms with Gasteiger partial charge >= 0.3 is 0 Å². The number of aliphatic hydroxyl groups excluding tert-OH is 7. The fourth-order valence-corrected chi connectivity index (χ4v) is 11.4. The Bertz CT molecular complexity index is 1350. The molecule has 0 saturated carbocycles. The van der Waals surface area contributed by atoms with Gasteiger partial charge in [-0.3, -0.25) is 4.79 Å². The van der Waals surface area contributed by atoms with E-state index in [9.17, 15) is 40.5 Å². The maximum Gasteiger partial charge on any atom is 0.249 e. The number of aliphatic hydroxyl groups is 7. The Labute approximate surface area is 493 Å². The molecule has 11 nitrogen and oxygen atoms in total. The first kappa shape index (κ1) is 76.6. The largest absolute Gasteiger partial charge is 0.394 e. The van der Waals surface area contributed by atoms with E-state index in [1.807, 2.05) is 0 Å². The zero-order chi connectivity index (χ0) is 58.2. The first-order valence-corrected chi connectivity index (χ1v) is 34.7. The number of hydrogen-bond donors (Lipinski definition) is 8. The molecule has 0 aromatic rings. The maximum atomic E-state index is 13.2. The van der Waals surface area contributed by atoms with Crippen LogP contribution in [0.5, 0.6) is 0 Å². The second-order valence-electron chi connectivity index (χ2n) is 24.6. The molecule has 474 valence electrons. The van der Waals surface area contributed by atoms with Gasteiger partial charge in [-0.1, -0.05) is 301 Å². The monoisotopic (exact) mass is 1140 g/mol. The van der Waals surface area contributed by atoms with Crippen molar-refractivity contribution in [3.05, 3.63) is 24.3 Å². The van der Waals surface area contributed by atoms with Crippen LogP contribution in [0.1, 0.15) is 341 Å². The van der Waals surface area contributed by atoms with Gasteiger partial charge in [-0.25, -0.2) is 0 Å². The van der Waals surface area contributed by atoms with Gasteiger partial charge in [0.1, 0.15) is 36.6 Å². The van der Waals surface area contributed by atoms with Gasteiger partial charge in [-0.15, -0.1) is 0 Å². The van der Waals surface area contributed by atoms with Gasteiger partial charge in [0.05, 0.1) is 25.4 Å². The molecule has 1 saturated heterocycles. The molecule has 1 heterocycles. The van der Waals surface area contributed by atoms with Gasteiger partial charge in [0.15, 0.2) is 6.29 Å². The van der Waals surface area contributed by atoms with Crippen molar-refractivity contribution in [2.75, 3.05) is 13.2 Å². The van der Waals surface area contributed by atoms with E-state index in [2.05, 4.69) is 43.5 Å². The van der Waals surface area contributed by atoms with Crippen molar-refractivity contribution in [1.29, 1.82) is 0 Å². The number of allylic oxidation sites excluding steroid dienone is 4. The normalized spacial score (nSPS) is 19.3. The highest BCUT2D eigenvalue weighted by atomic mass is 16.7. The fraction of sp³-hybridized carbons (Fsp3) is 0.928. The zero-order valence-electron chi connectivity index (χ0n) is 52.3. The highest BCUT2D eigenvalue weighted by molar-refractivity contribution is 5.80. The average molecular weight is 1140 g/mol. The molecule has 1 rings (SSSR count). The number of carbonyl (C=O) groups is 1. The lowest BCUT2D eigenvalue weighted by Crippen LogP contribution is -2.60. The minimum Gasteiger partial charge on any atom is -0.394 e.